The van der Waals surface area contributed by atoms with Crippen LogP contribution in [0.1, 0.15) is 28.4 Å². The van der Waals surface area contributed by atoms with Gasteiger partial charge in [0.25, 0.3) is 5.91 Å². The molecule has 0 spiro atoms. The van der Waals surface area contributed by atoms with Crippen LogP contribution in [0, 0.1) is 0 Å². The van der Waals surface area contributed by atoms with Gasteiger partial charge in [-0.15, -0.1) is 0 Å². The number of fused-ring (bicyclic) bond motifs is 1. The zero-order valence-electron chi connectivity index (χ0n) is 15.9. The van der Waals surface area contributed by atoms with E-state index >= 15 is 0 Å². The third-order valence-corrected chi connectivity index (χ3v) is 4.97. The van der Waals surface area contributed by atoms with E-state index in [0.717, 1.165) is 31.6 Å². The van der Waals surface area contributed by atoms with Gasteiger partial charge in [0.15, 0.2) is 5.82 Å². The number of nitrogens with zero attached hydrogens (tertiary/aromatic N) is 4. The van der Waals surface area contributed by atoms with Gasteiger partial charge in [0.05, 0.1) is 5.56 Å². The Hall–Kier alpha value is -3.12. The van der Waals surface area contributed by atoms with Crippen LogP contribution in [0.25, 0.3) is 11.4 Å². The molecule has 3 aromatic rings. The SMILES string of the molecule is C[C@@H](CN1CCc2ccccc2C1)NC(=O)c1cnc(-c2ccncc2)nc1. The maximum absolute atomic E-state index is 12.5. The maximum atomic E-state index is 12.5. The predicted molar refractivity (Wildman–Crippen MR) is 108 cm³/mol. The normalized spacial score (nSPS) is 14.9. The van der Waals surface area contributed by atoms with Crippen molar-refractivity contribution in [2.24, 2.45) is 0 Å². The lowest BCUT2D eigenvalue weighted by Crippen LogP contribution is -2.43. The smallest absolute Gasteiger partial charge is 0.254 e. The summed E-state index contributed by atoms with van der Waals surface area (Å²) < 4.78 is 0. The summed E-state index contributed by atoms with van der Waals surface area (Å²) in [6.45, 7) is 4.79. The number of rotatable bonds is 5. The summed E-state index contributed by atoms with van der Waals surface area (Å²) in [6, 6.07) is 12.3. The molecule has 1 aliphatic heterocycles. The van der Waals surface area contributed by atoms with E-state index in [9.17, 15) is 4.79 Å². The third kappa shape index (κ3) is 4.23. The minimum Gasteiger partial charge on any atom is -0.348 e. The number of benzene rings is 1. The van der Waals surface area contributed by atoms with Crippen molar-refractivity contribution in [1.82, 2.24) is 25.2 Å². The molecule has 1 amide bonds. The van der Waals surface area contributed by atoms with Gasteiger partial charge < -0.3 is 5.32 Å². The van der Waals surface area contributed by atoms with Gasteiger partial charge in [-0.25, -0.2) is 9.97 Å². The van der Waals surface area contributed by atoms with Gasteiger partial charge in [-0.2, -0.15) is 0 Å². The molecule has 142 valence electrons. The summed E-state index contributed by atoms with van der Waals surface area (Å²) in [4.78, 5) is 27.5. The highest BCUT2D eigenvalue weighted by atomic mass is 16.1. The second-order valence-corrected chi connectivity index (χ2v) is 7.16. The highest BCUT2D eigenvalue weighted by molar-refractivity contribution is 5.93. The molecule has 1 aromatic carbocycles. The van der Waals surface area contributed by atoms with E-state index in [-0.39, 0.29) is 11.9 Å². The second kappa shape index (κ2) is 8.27. The summed E-state index contributed by atoms with van der Waals surface area (Å²) in [6.07, 6.45) is 7.59. The topological polar surface area (TPSA) is 71.0 Å². The molecule has 0 bridgehead atoms. The third-order valence-electron chi connectivity index (χ3n) is 4.97. The van der Waals surface area contributed by atoms with Gasteiger partial charge in [0, 0.05) is 56.0 Å². The summed E-state index contributed by atoms with van der Waals surface area (Å²) in [7, 11) is 0. The molecular weight excluding hydrogens is 350 g/mol. The minimum absolute atomic E-state index is 0.0395. The lowest BCUT2D eigenvalue weighted by molar-refractivity contribution is 0.0926. The number of hydrogen-bond donors (Lipinski definition) is 1. The van der Waals surface area contributed by atoms with Gasteiger partial charge in [-0.3, -0.25) is 14.7 Å². The van der Waals surface area contributed by atoms with Crippen LogP contribution in [0.3, 0.4) is 0 Å². The Morgan fingerprint density at radius 1 is 1.11 bits per heavy atom. The Morgan fingerprint density at radius 3 is 2.57 bits per heavy atom. The fourth-order valence-corrected chi connectivity index (χ4v) is 3.55. The summed E-state index contributed by atoms with van der Waals surface area (Å²) in [5.74, 6) is 0.435. The molecule has 6 nitrogen and oxygen atoms in total. The molecule has 3 heterocycles. The number of nitrogens with one attached hydrogen (secondary N) is 1. The molecule has 6 heteroatoms. The van der Waals surface area contributed by atoms with Crippen molar-refractivity contribution in [3.63, 3.8) is 0 Å². The van der Waals surface area contributed by atoms with E-state index in [0.29, 0.717) is 11.4 Å². The van der Waals surface area contributed by atoms with Crippen LogP contribution in [0.15, 0.2) is 61.2 Å². The number of aromatic nitrogens is 3. The van der Waals surface area contributed by atoms with E-state index in [1.807, 2.05) is 19.1 Å². The Bertz CT molecular complexity index is 943. The molecule has 0 aliphatic carbocycles. The number of carbonyl (C=O) groups is 1. The quantitative estimate of drug-likeness (QED) is 0.745. The Labute approximate surface area is 164 Å². The highest BCUT2D eigenvalue weighted by Crippen LogP contribution is 2.18. The lowest BCUT2D eigenvalue weighted by Gasteiger charge is -2.31. The number of amides is 1. The van der Waals surface area contributed by atoms with Crippen molar-refractivity contribution >= 4 is 5.91 Å². The van der Waals surface area contributed by atoms with Crippen LogP contribution in [0.2, 0.25) is 0 Å². The number of pyridine rings is 1. The zero-order valence-corrected chi connectivity index (χ0v) is 15.9. The molecule has 1 N–H and O–H groups in total. The predicted octanol–water partition coefficient (Wildman–Crippen LogP) is 2.72. The largest absolute Gasteiger partial charge is 0.348 e. The number of hydrogen-bond acceptors (Lipinski definition) is 5. The summed E-state index contributed by atoms with van der Waals surface area (Å²) in [5.41, 5.74) is 4.16. The lowest BCUT2D eigenvalue weighted by atomic mass is 10.00. The average Bonchev–Trinajstić information content (AvgIpc) is 2.74. The molecule has 0 saturated heterocycles. The fraction of sp³-hybridized carbons (Fsp3) is 0.273. The molecular formula is C22H23N5O. The standard InChI is InChI=1S/C22H23N5O/c1-16(14-27-11-8-17-4-2-3-5-19(17)15-27)26-22(28)20-12-24-21(25-13-20)18-6-9-23-10-7-18/h2-7,9-10,12-13,16H,8,11,14-15H2,1H3,(H,26,28)/t16-/m0/s1. The van der Waals surface area contributed by atoms with E-state index in [1.54, 1.807) is 24.8 Å². The number of carbonyl (C=O) groups excluding carboxylic acids is 1. The van der Waals surface area contributed by atoms with E-state index < -0.39 is 0 Å². The zero-order chi connectivity index (χ0) is 19.3. The van der Waals surface area contributed by atoms with E-state index in [4.69, 9.17) is 0 Å². The van der Waals surface area contributed by atoms with Crippen molar-refractivity contribution in [1.29, 1.82) is 0 Å². The van der Waals surface area contributed by atoms with Crippen molar-refractivity contribution in [3.05, 3.63) is 77.9 Å². The molecule has 1 aliphatic rings. The van der Waals surface area contributed by atoms with Crippen LogP contribution in [0.5, 0.6) is 0 Å². The molecule has 4 rings (SSSR count). The first-order valence-electron chi connectivity index (χ1n) is 9.51. The van der Waals surface area contributed by atoms with Crippen molar-refractivity contribution in [2.75, 3.05) is 13.1 Å². The van der Waals surface area contributed by atoms with E-state index in [2.05, 4.69) is 49.4 Å². The first-order chi connectivity index (χ1) is 13.7. The molecule has 28 heavy (non-hydrogen) atoms. The average molecular weight is 373 g/mol. The van der Waals surface area contributed by atoms with Crippen LogP contribution < -0.4 is 5.32 Å². The summed E-state index contributed by atoms with van der Waals surface area (Å²) in [5, 5.41) is 3.06. The van der Waals surface area contributed by atoms with Crippen LogP contribution in [-0.2, 0) is 13.0 Å². The Kier molecular flexibility index (Phi) is 5.39. The van der Waals surface area contributed by atoms with Crippen LogP contribution in [-0.4, -0.2) is 44.9 Å². The van der Waals surface area contributed by atoms with Gasteiger partial charge in [-0.1, -0.05) is 24.3 Å². The summed E-state index contributed by atoms with van der Waals surface area (Å²) >= 11 is 0. The highest BCUT2D eigenvalue weighted by Gasteiger charge is 2.19. The fourth-order valence-electron chi connectivity index (χ4n) is 3.55. The monoisotopic (exact) mass is 373 g/mol. The first-order valence-corrected chi connectivity index (χ1v) is 9.51. The van der Waals surface area contributed by atoms with Gasteiger partial charge in [-0.05, 0) is 36.6 Å². The van der Waals surface area contributed by atoms with Gasteiger partial charge in [0.2, 0.25) is 0 Å². The minimum atomic E-state index is -0.147. The molecule has 0 unspecified atom stereocenters. The molecule has 0 fully saturated rings. The molecule has 1 atom stereocenters. The van der Waals surface area contributed by atoms with Crippen LogP contribution >= 0.6 is 0 Å². The van der Waals surface area contributed by atoms with Crippen molar-refractivity contribution in [2.45, 2.75) is 25.9 Å². The van der Waals surface area contributed by atoms with E-state index in [1.165, 1.54) is 11.1 Å². The van der Waals surface area contributed by atoms with Crippen LogP contribution in [0.4, 0.5) is 0 Å². The van der Waals surface area contributed by atoms with Gasteiger partial charge >= 0.3 is 0 Å². The molecule has 0 radical (unpaired) electrons. The first kappa shape index (κ1) is 18.3. The Balaban J connectivity index is 1.33. The molecule has 2 aromatic heterocycles. The van der Waals surface area contributed by atoms with Crippen molar-refractivity contribution in [3.8, 4) is 11.4 Å². The Morgan fingerprint density at radius 2 is 1.82 bits per heavy atom. The van der Waals surface area contributed by atoms with Crippen molar-refractivity contribution < 1.29 is 4.79 Å². The maximum Gasteiger partial charge on any atom is 0.254 e. The molecule has 0 saturated carbocycles. The second-order valence-electron chi connectivity index (χ2n) is 7.16. The van der Waals surface area contributed by atoms with Gasteiger partial charge in [0.1, 0.15) is 0 Å².